The Morgan fingerprint density at radius 1 is 1.05 bits per heavy atom. The molecule has 1 aliphatic heterocycles. The lowest BCUT2D eigenvalue weighted by atomic mass is 10.2. The first-order chi connectivity index (χ1) is 9.72. The van der Waals surface area contributed by atoms with Crippen molar-refractivity contribution in [2.24, 2.45) is 5.73 Å². The highest BCUT2D eigenvalue weighted by Gasteiger charge is 2.28. The highest BCUT2D eigenvalue weighted by Crippen LogP contribution is 2.28. The van der Waals surface area contributed by atoms with E-state index in [1.165, 1.54) is 0 Å². The number of hydrogen-bond donors (Lipinski definition) is 1. The monoisotopic (exact) mass is 268 g/mol. The lowest BCUT2D eigenvalue weighted by molar-refractivity contribution is -0.117. The van der Waals surface area contributed by atoms with Crippen LogP contribution in [0.2, 0.25) is 0 Å². The van der Waals surface area contributed by atoms with Gasteiger partial charge in [0.25, 0.3) is 0 Å². The zero-order valence-electron chi connectivity index (χ0n) is 11.0. The molecular weight excluding hydrogens is 252 g/mol. The molecule has 1 atom stereocenters. The fourth-order valence-electron chi connectivity index (χ4n) is 2.32. The van der Waals surface area contributed by atoms with Gasteiger partial charge in [-0.2, -0.15) is 0 Å². The molecule has 0 saturated carbocycles. The van der Waals surface area contributed by atoms with E-state index < -0.39 is 0 Å². The molecule has 0 aliphatic carbocycles. The first kappa shape index (κ1) is 12.7. The maximum Gasteiger partial charge on any atom is 0.228 e. The van der Waals surface area contributed by atoms with E-state index in [4.69, 9.17) is 10.5 Å². The van der Waals surface area contributed by atoms with E-state index >= 15 is 0 Å². The van der Waals surface area contributed by atoms with E-state index in [-0.39, 0.29) is 11.9 Å². The summed E-state index contributed by atoms with van der Waals surface area (Å²) in [6.45, 7) is 0.563. The molecule has 0 aromatic heterocycles. The molecule has 1 heterocycles. The maximum atomic E-state index is 11.9. The van der Waals surface area contributed by atoms with Crippen molar-refractivity contribution >= 4 is 11.6 Å². The number of rotatable bonds is 3. The molecule has 1 fully saturated rings. The summed E-state index contributed by atoms with van der Waals surface area (Å²) in [5.41, 5.74) is 6.65. The van der Waals surface area contributed by atoms with Gasteiger partial charge in [-0.05, 0) is 24.3 Å². The van der Waals surface area contributed by atoms with Gasteiger partial charge in [-0.3, -0.25) is 4.79 Å². The molecule has 2 aromatic carbocycles. The number of carbonyl (C=O) groups is 1. The number of benzene rings is 2. The van der Waals surface area contributed by atoms with Crippen molar-refractivity contribution < 1.29 is 9.53 Å². The Hall–Kier alpha value is -2.33. The molecule has 2 aromatic rings. The van der Waals surface area contributed by atoms with Crippen molar-refractivity contribution in [3.63, 3.8) is 0 Å². The normalized spacial score (nSPS) is 18.4. The van der Waals surface area contributed by atoms with Gasteiger partial charge in [0.05, 0.1) is 0 Å². The number of ether oxygens (including phenoxy) is 1. The summed E-state index contributed by atoms with van der Waals surface area (Å²) in [4.78, 5) is 13.6. The Kier molecular flexibility index (Phi) is 3.39. The Labute approximate surface area is 117 Å². The molecule has 1 unspecified atom stereocenters. The summed E-state index contributed by atoms with van der Waals surface area (Å²) in [6, 6.07) is 17.0. The fourth-order valence-corrected chi connectivity index (χ4v) is 2.32. The van der Waals surface area contributed by atoms with Crippen LogP contribution in [0.5, 0.6) is 11.5 Å². The molecule has 3 rings (SSSR count). The quantitative estimate of drug-likeness (QED) is 0.930. The minimum atomic E-state index is -0.0822. The van der Waals surface area contributed by atoms with Crippen molar-refractivity contribution in [1.82, 2.24) is 0 Å². The van der Waals surface area contributed by atoms with E-state index in [1.807, 2.05) is 54.6 Å². The number of hydrogen-bond acceptors (Lipinski definition) is 3. The summed E-state index contributed by atoms with van der Waals surface area (Å²) in [7, 11) is 0. The zero-order chi connectivity index (χ0) is 13.9. The van der Waals surface area contributed by atoms with E-state index in [0.717, 1.165) is 11.4 Å². The van der Waals surface area contributed by atoms with Gasteiger partial charge in [-0.25, -0.2) is 0 Å². The molecular formula is C16H16N2O2. The number of carbonyl (C=O) groups excluding carboxylic acids is 1. The number of nitrogens with two attached hydrogens (primary N) is 1. The van der Waals surface area contributed by atoms with Gasteiger partial charge in [-0.1, -0.05) is 24.3 Å². The van der Waals surface area contributed by atoms with Crippen LogP contribution in [0.1, 0.15) is 6.42 Å². The molecule has 0 radical (unpaired) electrons. The van der Waals surface area contributed by atoms with Gasteiger partial charge in [0, 0.05) is 30.8 Å². The van der Waals surface area contributed by atoms with E-state index in [9.17, 15) is 4.79 Å². The molecule has 0 spiro atoms. The smallest absolute Gasteiger partial charge is 0.228 e. The molecule has 20 heavy (non-hydrogen) atoms. The van der Waals surface area contributed by atoms with Gasteiger partial charge < -0.3 is 15.4 Å². The van der Waals surface area contributed by atoms with E-state index in [2.05, 4.69) is 0 Å². The van der Waals surface area contributed by atoms with Crippen LogP contribution in [0.4, 0.5) is 5.69 Å². The standard InChI is InChI=1S/C16H16N2O2/c17-12-9-16(19)18(11-12)13-5-4-8-15(10-13)20-14-6-2-1-3-7-14/h1-8,10,12H,9,11,17H2. The molecule has 1 amide bonds. The summed E-state index contributed by atoms with van der Waals surface area (Å²) >= 11 is 0. The van der Waals surface area contributed by atoms with Crippen LogP contribution in [-0.2, 0) is 4.79 Å². The number of para-hydroxylation sites is 1. The second kappa shape index (κ2) is 5.35. The largest absolute Gasteiger partial charge is 0.457 e. The fraction of sp³-hybridized carbons (Fsp3) is 0.188. The highest BCUT2D eigenvalue weighted by molar-refractivity contribution is 5.96. The third-order valence-electron chi connectivity index (χ3n) is 3.26. The molecule has 1 saturated heterocycles. The lowest BCUT2D eigenvalue weighted by Gasteiger charge is -2.17. The molecule has 1 aliphatic rings. The second-order valence-electron chi connectivity index (χ2n) is 4.88. The predicted octanol–water partition coefficient (Wildman–Crippen LogP) is 2.54. The van der Waals surface area contributed by atoms with Crippen LogP contribution >= 0.6 is 0 Å². The van der Waals surface area contributed by atoms with Crippen LogP contribution in [-0.4, -0.2) is 18.5 Å². The minimum Gasteiger partial charge on any atom is -0.457 e. The van der Waals surface area contributed by atoms with E-state index in [0.29, 0.717) is 18.7 Å². The van der Waals surface area contributed by atoms with Crippen LogP contribution in [0.25, 0.3) is 0 Å². The molecule has 0 bridgehead atoms. The van der Waals surface area contributed by atoms with Gasteiger partial charge in [0.1, 0.15) is 11.5 Å². The minimum absolute atomic E-state index is 0.0642. The van der Waals surface area contributed by atoms with Crippen LogP contribution < -0.4 is 15.4 Å². The van der Waals surface area contributed by atoms with Gasteiger partial charge in [0.2, 0.25) is 5.91 Å². The van der Waals surface area contributed by atoms with Gasteiger partial charge >= 0.3 is 0 Å². The molecule has 102 valence electrons. The maximum absolute atomic E-state index is 11.9. The van der Waals surface area contributed by atoms with Crippen LogP contribution in [0, 0.1) is 0 Å². The van der Waals surface area contributed by atoms with Crippen molar-refractivity contribution in [3.8, 4) is 11.5 Å². The Morgan fingerprint density at radius 2 is 1.80 bits per heavy atom. The average Bonchev–Trinajstić information content (AvgIpc) is 2.79. The molecule has 4 nitrogen and oxygen atoms in total. The SMILES string of the molecule is NC1CC(=O)N(c2cccc(Oc3ccccc3)c2)C1. The summed E-state index contributed by atoms with van der Waals surface area (Å²) in [6.07, 6.45) is 0.407. The third kappa shape index (κ3) is 2.65. The van der Waals surface area contributed by atoms with Crippen molar-refractivity contribution in [1.29, 1.82) is 0 Å². The average molecular weight is 268 g/mol. The highest BCUT2D eigenvalue weighted by atomic mass is 16.5. The van der Waals surface area contributed by atoms with Crippen LogP contribution in [0.3, 0.4) is 0 Å². The zero-order valence-corrected chi connectivity index (χ0v) is 11.0. The first-order valence-electron chi connectivity index (χ1n) is 6.61. The Balaban J connectivity index is 1.81. The number of amides is 1. The number of nitrogens with zero attached hydrogens (tertiary/aromatic N) is 1. The van der Waals surface area contributed by atoms with E-state index in [1.54, 1.807) is 4.90 Å². The van der Waals surface area contributed by atoms with Crippen molar-refractivity contribution in [3.05, 3.63) is 54.6 Å². The molecule has 2 N–H and O–H groups in total. The first-order valence-corrected chi connectivity index (χ1v) is 6.61. The third-order valence-corrected chi connectivity index (χ3v) is 3.26. The summed E-state index contributed by atoms with van der Waals surface area (Å²) in [5, 5.41) is 0. The topological polar surface area (TPSA) is 55.6 Å². The van der Waals surface area contributed by atoms with Gasteiger partial charge in [-0.15, -0.1) is 0 Å². The summed E-state index contributed by atoms with van der Waals surface area (Å²) < 4.78 is 5.77. The summed E-state index contributed by atoms with van der Waals surface area (Å²) in [5.74, 6) is 1.55. The second-order valence-corrected chi connectivity index (χ2v) is 4.88. The van der Waals surface area contributed by atoms with Crippen molar-refractivity contribution in [2.75, 3.05) is 11.4 Å². The lowest BCUT2D eigenvalue weighted by Crippen LogP contribution is -2.27. The van der Waals surface area contributed by atoms with Gasteiger partial charge in [0.15, 0.2) is 0 Å². The Morgan fingerprint density at radius 3 is 2.50 bits per heavy atom. The Bertz CT molecular complexity index is 613. The predicted molar refractivity (Wildman–Crippen MR) is 77.9 cm³/mol. The molecule has 4 heteroatoms. The number of anilines is 1. The van der Waals surface area contributed by atoms with Crippen molar-refractivity contribution in [2.45, 2.75) is 12.5 Å². The van der Waals surface area contributed by atoms with Crippen LogP contribution in [0.15, 0.2) is 54.6 Å².